The molecule has 1 aromatic heterocycles. The zero-order valence-corrected chi connectivity index (χ0v) is 20.2. The van der Waals surface area contributed by atoms with Gasteiger partial charge in [-0.25, -0.2) is 9.37 Å². The van der Waals surface area contributed by atoms with Crippen LogP contribution in [-0.2, 0) is 6.54 Å². The summed E-state index contributed by atoms with van der Waals surface area (Å²) >= 11 is 0. The first-order valence-corrected chi connectivity index (χ1v) is 10.3. The Morgan fingerprint density at radius 2 is 2.13 bits per heavy atom. The highest BCUT2D eigenvalue weighted by molar-refractivity contribution is 14.0. The number of pyridine rings is 1. The van der Waals surface area contributed by atoms with Gasteiger partial charge in [-0.3, -0.25) is 9.79 Å². The molecule has 0 saturated carbocycles. The summed E-state index contributed by atoms with van der Waals surface area (Å²) in [5.41, 5.74) is 1.64. The number of hydrogen-bond acceptors (Lipinski definition) is 4. The third kappa shape index (κ3) is 7.05. The van der Waals surface area contributed by atoms with Crippen molar-refractivity contribution in [3.8, 4) is 0 Å². The van der Waals surface area contributed by atoms with E-state index in [4.69, 9.17) is 0 Å². The Hall–Kier alpha value is -2.43. The Balaban J connectivity index is 0.00000341. The number of aliphatic imine (C=N–C) groups is 1. The number of carbonyl (C=O) groups is 1. The van der Waals surface area contributed by atoms with Gasteiger partial charge in [-0.15, -0.1) is 24.0 Å². The summed E-state index contributed by atoms with van der Waals surface area (Å²) in [6, 6.07) is 10.7. The highest BCUT2D eigenvalue weighted by Gasteiger charge is 2.25. The Morgan fingerprint density at radius 1 is 1.29 bits per heavy atom. The molecular formula is C22H30FIN6O. The number of guanidine groups is 1. The maximum Gasteiger partial charge on any atom is 0.251 e. The van der Waals surface area contributed by atoms with Gasteiger partial charge >= 0.3 is 0 Å². The molecule has 1 unspecified atom stereocenters. The first-order chi connectivity index (χ1) is 14.6. The molecule has 3 rings (SSSR count). The fraction of sp³-hybridized carbons (Fsp3) is 0.409. The van der Waals surface area contributed by atoms with Crippen LogP contribution in [0.15, 0.2) is 47.6 Å². The number of anilines is 1. The molecule has 1 amide bonds. The molecule has 0 bridgehead atoms. The van der Waals surface area contributed by atoms with Crippen molar-refractivity contribution in [2.24, 2.45) is 4.99 Å². The second-order valence-electron chi connectivity index (χ2n) is 7.27. The van der Waals surface area contributed by atoms with Crippen molar-refractivity contribution in [1.29, 1.82) is 0 Å². The van der Waals surface area contributed by atoms with Crippen molar-refractivity contribution in [2.45, 2.75) is 32.4 Å². The maximum absolute atomic E-state index is 14.0. The van der Waals surface area contributed by atoms with Gasteiger partial charge in [-0.05, 0) is 42.7 Å². The van der Waals surface area contributed by atoms with Gasteiger partial charge in [0.15, 0.2) is 17.6 Å². The molecule has 1 aliphatic rings. The molecular weight excluding hydrogens is 510 g/mol. The number of halogens is 2. The molecule has 1 aromatic carbocycles. The van der Waals surface area contributed by atoms with Crippen LogP contribution < -0.4 is 20.9 Å². The predicted molar refractivity (Wildman–Crippen MR) is 133 cm³/mol. The van der Waals surface area contributed by atoms with Crippen LogP contribution >= 0.6 is 24.0 Å². The van der Waals surface area contributed by atoms with Crippen LogP contribution in [0.25, 0.3) is 0 Å². The lowest BCUT2D eigenvalue weighted by atomic mass is 10.1. The van der Waals surface area contributed by atoms with Crippen LogP contribution in [0.1, 0.15) is 35.7 Å². The number of benzene rings is 1. The molecule has 0 radical (unpaired) electrons. The monoisotopic (exact) mass is 540 g/mol. The lowest BCUT2D eigenvalue weighted by Gasteiger charge is -2.20. The molecule has 1 aliphatic heterocycles. The van der Waals surface area contributed by atoms with Crippen LogP contribution in [0, 0.1) is 5.82 Å². The van der Waals surface area contributed by atoms with Gasteiger partial charge in [0.05, 0.1) is 0 Å². The van der Waals surface area contributed by atoms with Gasteiger partial charge in [0, 0.05) is 51.0 Å². The molecule has 0 spiro atoms. The summed E-state index contributed by atoms with van der Waals surface area (Å²) in [5.74, 6) is 0.699. The molecule has 1 atom stereocenters. The summed E-state index contributed by atoms with van der Waals surface area (Å²) < 4.78 is 14.0. The van der Waals surface area contributed by atoms with Crippen LogP contribution in [-0.4, -0.2) is 49.6 Å². The first kappa shape index (κ1) is 24.8. The molecule has 1 saturated heterocycles. The summed E-state index contributed by atoms with van der Waals surface area (Å²) in [6.45, 7) is 4.62. The molecule has 2 aromatic rings. The highest BCUT2D eigenvalue weighted by atomic mass is 127. The summed E-state index contributed by atoms with van der Waals surface area (Å²) in [4.78, 5) is 22.5. The van der Waals surface area contributed by atoms with E-state index in [9.17, 15) is 9.18 Å². The molecule has 3 N–H and O–H groups in total. The second kappa shape index (κ2) is 12.4. The van der Waals surface area contributed by atoms with E-state index in [1.165, 1.54) is 6.07 Å². The number of nitrogens with zero attached hydrogens (tertiary/aromatic N) is 3. The third-order valence-electron chi connectivity index (χ3n) is 4.98. The molecule has 1 fully saturated rings. The smallest absolute Gasteiger partial charge is 0.251 e. The van der Waals surface area contributed by atoms with Crippen molar-refractivity contribution < 1.29 is 9.18 Å². The van der Waals surface area contributed by atoms with E-state index in [0.717, 1.165) is 24.9 Å². The fourth-order valence-corrected chi connectivity index (χ4v) is 3.42. The molecule has 0 aliphatic carbocycles. The SMILES string of the molecule is CCCNC(=O)c1cccc(CNC(=NC)NC2CCN(c3ncccc3F)C2)c1.I. The van der Waals surface area contributed by atoms with E-state index < -0.39 is 0 Å². The Bertz CT molecular complexity index is 894. The molecule has 9 heteroatoms. The van der Waals surface area contributed by atoms with Gasteiger partial charge in [0.2, 0.25) is 0 Å². The summed E-state index contributed by atoms with van der Waals surface area (Å²) in [6.07, 6.45) is 3.38. The summed E-state index contributed by atoms with van der Waals surface area (Å²) in [7, 11) is 1.72. The maximum atomic E-state index is 14.0. The number of nitrogens with one attached hydrogen (secondary N) is 3. The van der Waals surface area contributed by atoms with Crippen molar-refractivity contribution in [3.63, 3.8) is 0 Å². The van der Waals surface area contributed by atoms with E-state index in [1.807, 2.05) is 36.1 Å². The molecule has 168 valence electrons. The van der Waals surface area contributed by atoms with Gasteiger partial charge in [0.25, 0.3) is 5.91 Å². The quantitative estimate of drug-likeness (QED) is 0.286. The minimum absolute atomic E-state index is 0. The minimum atomic E-state index is -0.302. The standard InChI is InChI=1S/C22H29FN6O.HI/c1-3-10-26-21(30)17-7-4-6-16(13-17)14-27-22(24-2)28-18-9-12-29(15-18)20-19(23)8-5-11-25-20;/h4-8,11,13,18H,3,9-10,12,14-15H2,1-2H3,(H,26,30)(H2,24,27,28);1H. The number of rotatable bonds is 7. The predicted octanol–water partition coefficient (Wildman–Crippen LogP) is 2.92. The number of carbonyl (C=O) groups excluding carboxylic acids is 1. The van der Waals surface area contributed by atoms with Gasteiger partial charge < -0.3 is 20.9 Å². The number of hydrogen-bond donors (Lipinski definition) is 3. The van der Waals surface area contributed by atoms with Gasteiger partial charge in [0.1, 0.15) is 0 Å². The van der Waals surface area contributed by atoms with Crippen LogP contribution in [0.3, 0.4) is 0 Å². The molecule has 2 heterocycles. The van der Waals surface area contributed by atoms with Crippen molar-refractivity contribution in [3.05, 3.63) is 59.5 Å². The Kier molecular flexibility index (Phi) is 9.96. The topological polar surface area (TPSA) is 81.6 Å². The van der Waals surface area contributed by atoms with E-state index in [0.29, 0.717) is 37.0 Å². The minimum Gasteiger partial charge on any atom is -0.352 e. The van der Waals surface area contributed by atoms with E-state index in [2.05, 4.69) is 25.9 Å². The molecule has 7 nitrogen and oxygen atoms in total. The Labute approximate surface area is 199 Å². The molecule has 31 heavy (non-hydrogen) atoms. The average molecular weight is 540 g/mol. The van der Waals surface area contributed by atoms with Gasteiger partial charge in [-0.2, -0.15) is 0 Å². The zero-order chi connectivity index (χ0) is 21.3. The lowest BCUT2D eigenvalue weighted by Crippen LogP contribution is -2.44. The normalized spacial score (nSPS) is 15.9. The van der Waals surface area contributed by atoms with E-state index in [-0.39, 0.29) is 41.7 Å². The van der Waals surface area contributed by atoms with Crippen molar-refractivity contribution in [2.75, 3.05) is 31.6 Å². The largest absolute Gasteiger partial charge is 0.352 e. The van der Waals surface area contributed by atoms with E-state index >= 15 is 0 Å². The summed E-state index contributed by atoms with van der Waals surface area (Å²) in [5, 5.41) is 9.56. The third-order valence-corrected chi connectivity index (χ3v) is 4.98. The first-order valence-electron chi connectivity index (χ1n) is 10.3. The number of aromatic nitrogens is 1. The van der Waals surface area contributed by atoms with Gasteiger partial charge in [-0.1, -0.05) is 19.1 Å². The fourth-order valence-electron chi connectivity index (χ4n) is 3.42. The van der Waals surface area contributed by atoms with Crippen LogP contribution in [0.4, 0.5) is 10.2 Å². The highest BCUT2D eigenvalue weighted by Crippen LogP contribution is 2.20. The van der Waals surface area contributed by atoms with Crippen molar-refractivity contribution >= 4 is 41.7 Å². The Morgan fingerprint density at radius 3 is 2.87 bits per heavy atom. The number of amides is 1. The van der Waals surface area contributed by atoms with Crippen LogP contribution in [0.2, 0.25) is 0 Å². The second-order valence-corrected chi connectivity index (χ2v) is 7.27. The van der Waals surface area contributed by atoms with Crippen molar-refractivity contribution in [1.82, 2.24) is 20.9 Å². The van der Waals surface area contributed by atoms with Crippen LogP contribution in [0.5, 0.6) is 0 Å². The van der Waals surface area contributed by atoms with E-state index in [1.54, 1.807) is 19.3 Å². The average Bonchev–Trinajstić information content (AvgIpc) is 3.23. The lowest BCUT2D eigenvalue weighted by molar-refractivity contribution is 0.0953. The zero-order valence-electron chi connectivity index (χ0n) is 17.9.